The van der Waals surface area contributed by atoms with Crippen molar-refractivity contribution in [3.63, 3.8) is 0 Å². The van der Waals surface area contributed by atoms with Crippen LogP contribution in [0.15, 0.2) is 22.7 Å². The van der Waals surface area contributed by atoms with E-state index in [1.165, 1.54) is 0 Å². The summed E-state index contributed by atoms with van der Waals surface area (Å²) in [6.07, 6.45) is 0.602. The molecule has 6 heteroatoms. The summed E-state index contributed by atoms with van der Waals surface area (Å²) in [6.45, 7) is 3.54. The van der Waals surface area contributed by atoms with Crippen LogP contribution in [0.1, 0.15) is 23.7 Å². The molecule has 0 atom stereocenters. The van der Waals surface area contributed by atoms with Gasteiger partial charge in [0, 0.05) is 17.4 Å². The van der Waals surface area contributed by atoms with E-state index in [1.807, 2.05) is 6.92 Å². The van der Waals surface area contributed by atoms with E-state index in [2.05, 4.69) is 21.2 Å². The predicted octanol–water partition coefficient (Wildman–Crippen LogP) is 2.99. The molecule has 1 N–H and O–H groups in total. The number of carbonyl (C=O) groups excluding carboxylic acids is 1. The highest BCUT2D eigenvalue weighted by Crippen LogP contribution is 2.23. The van der Waals surface area contributed by atoms with Gasteiger partial charge in [-0.05, 0) is 25.1 Å². The van der Waals surface area contributed by atoms with Crippen molar-refractivity contribution in [2.45, 2.75) is 19.1 Å². The lowest BCUT2D eigenvalue weighted by molar-refractivity contribution is -0.145. The van der Waals surface area contributed by atoms with Crippen LogP contribution in [-0.2, 0) is 9.47 Å². The first kappa shape index (κ1) is 14.8. The molecule has 0 unspecified atom stereocenters. The Morgan fingerprint density at radius 3 is 2.84 bits per heavy atom. The van der Waals surface area contributed by atoms with E-state index in [0.717, 1.165) is 4.47 Å². The normalized spacial score (nSPS) is 17.4. The van der Waals surface area contributed by atoms with Crippen LogP contribution in [0.5, 0.6) is 0 Å². The molecule has 0 saturated carbocycles. The molecule has 0 radical (unpaired) electrons. The third-order valence-corrected chi connectivity index (χ3v) is 3.76. The van der Waals surface area contributed by atoms with Crippen LogP contribution >= 0.6 is 27.5 Å². The van der Waals surface area contributed by atoms with Gasteiger partial charge in [-0.3, -0.25) is 4.79 Å². The molecular weight excluding hydrogens is 334 g/mol. The van der Waals surface area contributed by atoms with E-state index >= 15 is 0 Å². The Balaban J connectivity index is 1.89. The molecule has 1 aliphatic rings. The molecule has 1 saturated heterocycles. The average Bonchev–Trinajstić information content (AvgIpc) is 2.79. The van der Waals surface area contributed by atoms with Crippen LogP contribution in [0, 0.1) is 0 Å². The molecule has 104 valence electrons. The minimum atomic E-state index is -0.589. The third kappa shape index (κ3) is 3.92. The Hall–Kier alpha value is -0.620. The van der Waals surface area contributed by atoms with E-state index in [0.29, 0.717) is 36.8 Å². The fourth-order valence-corrected chi connectivity index (χ4v) is 2.44. The predicted molar refractivity (Wildman–Crippen MR) is 76.4 cm³/mol. The number of amides is 1. The molecular formula is C13H15BrClNO3. The van der Waals surface area contributed by atoms with E-state index < -0.39 is 5.79 Å². The second kappa shape index (κ2) is 6.22. The first-order valence-corrected chi connectivity index (χ1v) is 7.18. The van der Waals surface area contributed by atoms with Crippen LogP contribution in [-0.4, -0.2) is 31.5 Å². The van der Waals surface area contributed by atoms with Gasteiger partial charge in [-0.25, -0.2) is 0 Å². The fraction of sp³-hybridized carbons (Fsp3) is 0.462. The van der Waals surface area contributed by atoms with Gasteiger partial charge in [-0.2, -0.15) is 0 Å². The van der Waals surface area contributed by atoms with Crippen molar-refractivity contribution in [3.8, 4) is 0 Å². The SMILES string of the molecule is CC1(CCNC(=O)c2cc(Br)ccc2Cl)OCCO1. The van der Waals surface area contributed by atoms with Crippen LogP contribution in [0.3, 0.4) is 0 Å². The fourth-order valence-electron chi connectivity index (χ4n) is 1.87. The molecule has 0 bridgehead atoms. The zero-order valence-corrected chi connectivity index (χ0v) is 12.9. The standard InChI is InChI=1S/C13H15BrClNO3/c1-13(18-6-7-19-13)4-5-16-12(17)10-8-9(14)2-3-11(10)15/h2-3,8H,4-7H2,1H3,(H,16,17). The lowest BCUT2D eigenvalue weighted by Gasteiger charge is -2.22. The molecule has 19 heavy (non-hydrogen) atoms. The first-order valence-electron chi connectivity index (χ1n) is 6.01. The molecule has 1 heterocycles. The van der Waals surface area contributed by atoms with Crippen LogP contribution in [0.2, 0.25) is 5.02 Å². The van der Waals surface area contributed by atoms with Crippen molar-refractivity contribution < 1.29 is 14.3 Å². The Labute approximate surface area is 125 Å². The van der Waals surface area contributed by atoms with Crippen molar-refractivity contribution in [2.24, 2.45) is 0 Å². The topological polar surface area (TPSA) is 47.6 Å². The van der Waals surface area contributed by atoms with Crippen molar-refractivity contribution >= 4 is 33.4 Å². The van der Waals surface area contributed by atoms with Gasteiger partial charge in [0.25, 0.3) is 5.91 Å². The summed E-state index contributed by atoms with van der Waals surface area (Å²) in [7, 11) is 0. The average molecular weight is 349 g/mol. The maximum absolute atomic E-state index is 12.0. The van der Waals surface area contributed by atoms with Gasteiger partial charge in [-0.15, -0.1) is 0 Å². The van der Waals surface area contributed by atoms with E-state index in [-0.39, 0.29) is 5.91 Å². The summed E-state index contributed by atoms with van der Waals surface area (Å²) >= 11 is 9.31. The van der Waals surface area contributed by atoms with E-state index in [1.54, 1.807) is 18.2 Å². The smallest absolute Gasteiger partial charge is 0.252 e. The highest BCUT2D eigenvalue weighted by Gasteiger charge is 2.30. The van der Waals surface area contributed by atoms with E-state index in [4.69, 9.17) is 21.1 Å². The first-order chi connectivity index (χ1) is 9.00. The lowest BCUT2D eigenvalue weighted by Crippen LogP contribution is -2.33. The number of nitrogens with one attached hydrogen (secondary N) is 1. The van der Waals surface area contributed by atoms with E-state index in [9.17, 15) is 4.79 Å². The van der Waals surface area contributed by atoms with Crippen LogP contribution in [0.4, 0.5) is 0 Å². The quantitative estimate of drug-likeness (QED) is 0.910. The minimum absolute atomic E-state index is 0.201. The zero-order chi connectivity index (χ0) is 13.9. The maximum atomic E-state index is 12.0. The summed E-state index contributed by atoms with van der Waals surface area (Å²) in [6, 6.07) is 5.17. The molecule has 0 aliphatic carbocycles. The Morgan fingerprint density at radius 1 is 1.47 bits per heavy atom. The van der Waals surface area contributed by atoms with Gasteiger partial charge in [0.1, 0.15) is 0 Å². The number of hydrogen-bond acceptors (Lipinski definition) is 3. The highest BCUT2D eigenvalue weighted by molar-refractivity contribution is 9.10. The van der Waals surface area contributed by atoms with Gasteiger partial charge < -0.3 is 14.8 Å². The molecule has 4 nitrogen and oxygen atoms in total. The largest absolute Gasteiger partial charge is 0.352 e. The molecule has 0 spiro atoms. The summed E-state index contributed by atoms with van der Waals surface area (Å²) in [5.41, 5.74) is 0.453. The molecule has 0 aromatic heterocycles. The second-order valence-electron chi connectivity index (χ2n) is 4.46. The number of benzene rings is 1. The summed E-state index contributed by atoms with van der Waals surface area (Å²) in [5.74, 6) is -0.790. The Morgan fingerprint density at radius 2 is 2.16 bits per heavy atom. The number of ether oxygens (including phenoxy) is 2. The Kier molecular flexibility index (Phi) is 4.84. The third-order valence-electron chi connectivity index (χ3n) is 2.94. The molecule has 1 aliphatic heterocycles. The minimum Gasteiger partial charge on any atom is -0.352 e. The number of rotatable bonds is 4. The van der Waals surface area contributed by atoms with Crippen molar-refractivity contribution in [2.75, 3.05) is 19.8 Å². The van der Waals surface area contributed by atoms with Gasteiger partial charge in [0.2, 0.25) is 0 Å². The summed E-state index contributed by atoms with van der Waals surface area (Å²) in [5, 5.41) is 3.25. The zero-order valence-electron chi connectivity index (χ0n) is 10.5. The van der Waals surface area contributed by atoms with Gasteiger partial charge >= 0.3 is 0 Å². The summed E-state index contributed by atoms with van der Waals surface area (Å²) < 4.78 is 11.7. The van der Waals surface area contributed by atoms with Gasteiger partial charge in [0.05, 0.1) is 23.8 Å². The van der Waals surface area contributed by atoms with Gasteiger partial charge in [0.15, 0.2) is 5.79 Å². The number of carbonyl (C=O) groups is 1. The Bertz CT molecular complexity index is 475. The van der Waals surface area contributed by atoms with Gasteiger partial charge in [-0.1, -0.05) is 27.5 Å². The summed E-state index contributed by atoms with van der Waals surface area (Å²) in [4.78, 5) is 12.0. The maximum Gasteiger partial charge on any atom is 0.252 e. The van der Waals surface area contributed by atoms with Crippen LogP contribution in [0.25, 0.3) is 0 Å². The number of hydrogen-bond donors (Lipinski definition) is 1. The number of halogens is 2. The van der Waals surface area contributed by atoms with Crippen molar-refractivity contribution in [1.82, 2.24) is 5.32 Å². The van der Waals surface area contributed by atoms with Crippen LogP contribution < -0.4 is 5.32 Å². The molecule has 1 fully saturated rings. The lowest BCUT2D eigenvalue weighted by atomic mass is 10.2. The monoisotopic (exact) mass is 347 g/mol. The second-order valence-corrected chi connectivity index (χ2v) is 5.78. The molecule has 1 aromatic rings. The molecule has 2 rings (SSSR count). The molecule has 1 aromatic carbocycles. The van der Waals surface area contributed by atoms with Crippen molar-refractivity contribution in [3.05, 3.63) is 33.3 Å². The van der Waals surface area contributed by atoms with Crippen molar-refractivity contribution in [1.29, 1.82) is 0 Å². The highest BCUT2D eigenvalue weighted by atomic mass is 79.9. The molecule has 1 amide bonds.